The molecule has 0 saturated heterocycles. The van der Waals surface area contributed by atoms with E-state index in [2.05, 4.69) is 4.98 Å². The Balaban J connectivity index is 1.74. The number of nitriles is 1. The van der Waals surface area contributed by atoms with E-state index >= 15 is 0 Å². The summed E-state index contributed by atoms with van der Waals surface area (Å²) in [5.41, 5.74) is 0.285. The van der Waals surface area contributed by atoms with E-state index < -0.39 is 0 Å². The molecule has 21 heavy (non-hydrogen) atoms. The lowest BCUT2D eigenvalue weighted by Gasteiger charge is -2.10. The molecule has 0 atom stereocenters. The summed E-state index contributed by atoms with van der Waals surface area (Å²) in [6, 6.07) is 10.9. The quantitative estimate of drug-likeness (QED) is 0.842. The lowest BCUT2D eigenvalue weighted by molar-refractivity contribution is 0.302. The van der Waals surface area contributed by atoms with Crippen molar-refractivity contribution in [3.63, 3.8) is 0 Å². The highest BCUT2D eigenvalue weighted by Gasteiger charge is 2.23. The highest BCUT2D eigenvalue weighted by molar-refractivity contribution is 5.45. The number of methoxy groups -OCH3 is 1. The van der Waals surface area contributed by atoms with Gasteiger partial charge in [0, 0.05) is 6.07 Å². The van der Waals surface area contributed by atoms with E-state index in [0.717, 1.165) is 18.6 Å². The molecular formula is C16H14N2O3. The van der Waals surface area contributed by atoms with Crippen molar-refractivity contribution in [3.05, 3.63) is 42.2 Å². The molecule has 5 nitrogen and oxygen atoms in total. The van der Waals surface area contributed by atoms with Gasteiger partial charge in [0.2, 0.25) is 0 Å². The minimum Gasteiger partial charge on any atom is -0.493 e. The summed E-state index contributed by atoms with van der Waals surface area (Å²) < 4.78 is 16.6. The molecule has 1 aliphatic rings. The standard InChI is InChI=1S/C16H14N2O3/c1-19-15-8-11(9-17)18-10-16(15)21-14-6-4-13(5-7-14)20-12-2-3-12/h4-8,10,12H,2-3H2,1H3. The maximum Gasteiger partial charge on any atom is 0.187 e. The molecule has 1 saturated carbocycles. The highest BCUT2D eigenvalue weighted by Crippen LogP contribution is 2.33. The second-order valence-electron chi connectivity index (χ2n) is 4.72. The molecule has 0 bridgehead atoms. The Morgan fingerprint density at radius 3 is 2.48 bits per heavy atom. The van der Waals surface area contributed by atoms with E-state index in [9.17, 15) is 0 Å². The zero-order valence-corrected chi connectivity index (χ0v) is 11.6. The van der Waals surface area contributed by atoms with Gasteiger partial charge >= 0.3 is 0 Å². The van der Waals surface area contributed by atoms with Gasteiger partial charge in [-0.05, 0) is 37.1 Å². The average Bonchev–Trinajstić information content (AvgIpc) is 3.33. The third kappa shape index (κ3) is 3.23. The van der Waals surface area contributed by atoms with E-state index in [-0.39, 0.29) is 5.69 Å². The van der Waals surface area contributed by atoms with Crippen molar-refractivity contribution in [2.24, 2.45) is 0 Å². The molecule has 0 amide bonds. The van der Waals surface area contributed by atoms with Crippen LogP contribution in [0.15, 0.2) is 36.5 Å². The molecule has 0 N–H and O–H groups in total. The number of rotatable bonds is 5. The second-order valence-corrected chi connectivity index (χ2v) is 4.72. The Morgan fingerprint density at radius 2 is 1.86 bits per heavy atom. The lowest BCUT2D eigenvalue weighted by Crippen LogP contribution is -1.96. The van der Waals surface area contributed by atoms with Gasteiger partial charge in [0.05, 0.1) is 19.4 Å². The molecule has 1 aromatic carbocycles. The smallest absolute Gasteiger partial charge is 0.187 e. The molecule has 0 spiro atoms. The molecule has 1 fully saturated rings. The summed E-state index contributed by atoms with van der Waals surface area (Å²) in [5, 5.41) is 8.82. The third-order valence-corrected chi connectivity index (χ3v) is 3.04. The first-order chi connectivity index (χ1) is 10.3. The zero-order valence-electron chi connectivity index (χ0n) is 11.6. The number of pyridine rings is 1. The van der Waals surface area contributed by atoms with E-state index in [1.807, 2.05) is 30.3 Å². The summed E-state index contributed by atoms with van der Waals surface area (Å²) in [7, 11) is 1.52. The van der Waals surface area contributed by atoms with Crippen molar-refractivity contribution < 1.29 is 14.2 Å². The van der Waals surface area contributed by atoms with Gasteiger partial charge in [-0.25, -0.2) is 4.98 Å². The Morgan fingerprint density at radius 1 is 1.14 bits per heavy atom. The van der Waals surface area contributed by atoms with Gasteiger partial charge in [-0.2, -0.15) is 5.26 Å². The van der Waals surface area contributed by atoms with Crippen LogP contribution in [-0.4, -0.2) is 18.2 Å². The summed E-state index contributed by atoms with van der Waals surface area (Å²) in [6.07, 6.45) is 4.12. The van der Waals surface area contributed by atoms with Crippen LogP contribution in [-0.2, 0) is 0 Å². The van der Waals surface area contributed by atoms with Crippen molar-refractivity contribution in [1.29, 1.82) is 5.26 Å². The van der Waals surface area contributed by atoms with E-state index in [4.69, 9.17) is 19.5 Å². The van der Waals surface area contributed by atoms with E-state index in [1.165, 1.54) is 13.3 Å². The van der Waals surface area contributed by atoms with Gasteiger partial charge in [-0.1, -0.05) is 0 Å². The van der Waals surface area contributed by atoms with Gasteiger partial charge < -0.3 is 14.2 Å². The SMILES string of the molecule is COc1cc(C#N)ncc1Oc1ccc(OC2CC2)cc1. The number of hydrogen-bond donors (Lipinski definition) is 0. The van der Waals surface area contributed by atoms with Gasteiger partial charge in [-0.15, -0.1) is 0 Å². The Labute approximate surface area is 122 Å². The Hall–Kier alpha value is -2.74. The first-order valence-electron chi connectivity index (χ1n) is 6.67. The van der Waals surface area contributed by atoms with Gasteiger partial charge in [0.25, 0.3) is 0 Å². The fraction of sp³-hybridized carbons (Fsp3) is 0.250. The van der Waals surface area contributed by atoms with Crippen molar-refractivity contribution in [2.75, 3.05) is 7.11 Å². The van der Waals surface area contributed by atoms with Crippen LogP contribution >= 0.6 is 0 Å². The van der Waals surface area contributed by atoms with Gasteiger partial charge in [0.1, 0.15) is 23.3 Å². The molecule has 1 heterocycles. The fourth-order valence-corrected chi connectivity index (χ4v) is 1.81. The predicted molar refractivity (Wildman–Crippen MR) is 75.7 cm³/mol. The topological polar surface area (TPSA) is 64.4 Å². The lowest BCUT2D eigenvalue weighted by atomic mass is 10.3. The number of hydrogen-bond acceptors (Lipinski definition) is 5. The molecule has 0 radical (unpaired) electrons. The largest absolute Gasteiger partial charge is 0.493 e. The van der Waals surface area contributed by atoms with E-state index in [0.29, 0.717) is 23.4 Å². The molecular weight excluding hydrogens is 268 g/mol. The molecule has 3 rings (SSSR count). The van der Waals surface area contributed by atoms with Crippen LogP contribution in [0.5, 0.6) is 23.0 Å². The van der Waals surface area contributed by atoms with Crippen LogP contribution in [0.25, 0.3) is 0 Å². The first-order valence-corrected chi connectivity index (χ1v) is 6.67. The average molecular weight is 282 g/mol. The minimum absolute atomic E-state index is 0.285. The van der Waals surface area contributed by atoms with Crippen molar-refractivity contribution in [1.82, 2.24) is 4.98 Å². The molecule has 0 unspecified atom stereocenters. The summed E-state index contributed by atoms with van der Waals surface area (Å²) >= 11 is 0. The maximum absolute atomic E-state index is 8.82. The number of benzene rings is 1. The zero-order chi connectivity index (χ0) is 14.7. The molecule has 1 aromatic heterocycles. The molecule has 5 heteroatoms. The minimum atomic E-state index is 0.285. The Kier molecular flexibility index (Phi) is 3.61. The second kappa shape index (κ2) is 5.71. The first kappa shape index (κ1) is 13.3. The number of aromatic nitrogens is 1. The molecule has 1 aliphatic carbocycles. The molecule has 106 valence electrons. The van der Waals surface area contributed by atoms with Crippen LogP contribution in [0.2, 0.25) is 0 Å². The van der Waals surface area contributed by atoms with Crippen LogP contribution in [0.4, 0.5) is 0 Å². The van der Waals surface area contributed by atoms with Crippen molar-refractivity contribution >= 4 is 0 Å². The monoisotopic (exact) mass is 282 g/mol. The van der Waals surface area contributed by atoms with Gasteiger partial charge in [-0.3, -0.25) is 0 Å². The molecule has 0 aliphatic heterocycles. The summed E-state index contributed by atoms with van der Waals surface area (Å²) in [5.74, 6) is 2.44. The van der Waals surface area contributed by atoms with Crippen molar-refractivity contribution in [3.8, 4) is 29.1 Å². The fourth-order valence-electron chi connectivity index (χ4n) is 1.81. The number of ether oxygens (including phenoxy) is 3. The third-order valence-electron chi connectivity index (χ3n) is 3.04. The maximum atomic E-state index is 8.82. The summed E-state index contributed by atoms with van der Waals surface area (Å²) in [6.45, 7) is 0. The van der Waals surface area contributed by atoms with Crippen LogP contribution in [0.1, 0.15) is 18.5 Å². The van der Waals surface area contributed by atoms with Crippen LogP contribution in [0.3, 0.4) is 0 Å². The highest BCUT2D eigenvalue weighted by atomic mass is 16.5. The van der Waals surface area contributed by atoms with Crippen LogP contribution in [0, 0.1) is 11.3 Å². The van der Waals surface area contributed by atoms with E-state index in [1.54, 1.807) is 6.07 Å². The predicted octanol–water partition coefficient (Wildman–Crippen LogP) is 3.30. The normalized spacial score (nSPS) is 13.3. The Bertz CT molecular complexity index is 673. The molecule has 2 aromatic rings. The number of nitrogens with zero attached hydrogens (tertiary/aromatic N) is 2. The van der Waals surface area contributed by atoms with Gasteiger partial charge in [0.15, 0.2) is 11.5 Å². The van der Waals surface area contributed by atoms with Crippen LogP contribution < -0.4 is 14.2 Å². The van der Waals surface area contributed by atoms with Crippen molar-refractivity contribution in [2.45, 2.75) is 18.9 Å². The summed E-state index contributed by atoms with van der Waals surface area (Å²) in [4.78, 5) is 3.98.